The van der Waals surface area contributed by atoms with E-state index in [-0.39, 0.29) is 12.0 Å². The number of carbonyl (C=O) groups is 1. The Balaban J connectivity index is 1.79. The predicted octanol–water partition coefficient (Wildman–Crippen LogP) is 2.47. The largest absolute Gasteiger partial charge is 0.497 e. The number of likely N-dealkylation sites (N-methyl/N-ethyl adjacent to an activating group) is 1. The van der Waals surface area contributed by atoms with Gasteiger partial charge in [-0.15, -0.1) is 0 Å². The van der Waals surface area contributed by atoms with E-state index in [2.05, 4.69) is 10.6 Å². The Morgan fingerprint density at radius 1 is 1.35 bits per heavy atom. The second-order valence-electron chi connectivity index (χ2n) is 4.92. The van der Waals surface area contributed by atoms with Gasteiger partial charge in [0.2, 0.25) is 5.91 Å². The highest BCUT2D eigenvalue weighted by atomic mass is 16.5. The van der Waals surface area contributed by atoms with Crippen molar-refractivity contribution in [2.75, 3.05) is 18.4 Å². The molecule has 1 aliphatic heterocycles. The molecule has 0 spiro atoms. The molecule has 0 saturated heterocycles. The summed E-state index contributed by atoms with van der Waals surface area (Å²) in [7, 11) is 0. The minimum absolute atomic E-state index is 0.0654. The predicted molar refractivity (Wildman–Crippen MR) is 80.6 cm³/mol. The Morgan fingerprint density at radius 3 is 2.80 bits per heavy atom. The van der Waals surface area contributed by atoms with Crippen LogP contribution in [0.5, 0.6) is 0 Å². The van der Waals surface area contributed by atoms with E-state index in [1.54, 1.807) is 6.26 Å². The molecule has 1 amide bonds. The van der Waals surface area contributed by atoms with Gasteiger partial charge in [0.25, 0.3) is 0 Å². The van der Waals surface area contributed by atoms with Crippen LogP contribution in [0.25, 0.3) is 0 Å². The van der Waals surface area contributed by atoms with Crippen LogP contribution >= 0.6 is 0 Å². The fourth-order valence-corrected chi connectivity index (χ4v) is 2.15. The molecule has 1 atom stereocenters. The lowest BCUT2D eigenvalue weighted by molar-refractivity contribution is -0.120. The van der Waals surface area contributed by atoms with Crippen molar-refractivity contribution in [1.82, 2.24) is 5.32 Å². The summed E-state index contributed by atoms with van der Waals surface area (Å²) in [5.74, 6) is 0.0654. The second-order valence-corrected chi connectivity index (χ2v) is 4.92. The summed E-state index contributed by atoms with van der Waals surface area (Å²) >= 11 is 0. The van der Waals surface area contributed by atoms with Crippen molar-refractivity contribution in [3.05, 3.63) is 42.2 Å². The number of hydrogen-bond acceptors (Lipinski definition) is 3. The third kappa shape index (κ3) is 4.61. The van der Waals surface area contributed by atoms with Crippen LogP contribution in [0.2, 0.25) is 0 Å². The summed E-state index contributed by atoms with van der Waals surface area (Å²) in [6.07, 6.45) is 6.65. The van der Waals surface area contributed by atoms with Gasteiger partial charge in [-0.1, -0.05) is 12.1 Å². The summed E-state index contributed by atoms with van der Waals surface area (Å²) in [5.41, 5.74) is 2.08. The molecular formula is C16H22N2O2. The lowest BCUT2D eigenvalue weighted by Gasteiger charge is -2.20. The maximum atomic E-state index is 11.5. The van der Waals surface area contributed by atoms with Crippen molar-refractivity contribution in [2.45, 2.75) is 32.3 Å². The summed E-state index contributed by atoms with van der Waals surface area (Å²) in [4.78, 5) is 11.5. The quantitative estimate of drug-likeness (QED) is 0.838. The van der Waals surface area contributed by atoms with E-state index < -0.39 is 0 Å². The van der Waals surface area contributed by atoms with Crippen molar-refractivity contribution in [1.29, 1.82) is 0 Å². The number of amides is 1. The molecule has 1 aliphatic rings. The normalized spacial score (nSPS) is 17.4. The first-order valence-corrected chi connectivity index (χ1v) is 7.18. The average molecular weight is 274 g/mol. The lowest BCUT2D eigenvalue weighted by Crippen LogP contribution is -2.24. The van der Waals surface area contributed by atoms with Gasteiger partial charge in [-0.05, 0) is 43.5 Å². The van der Waals surface area contributed by atoms with Crippen LogP contribution in [0.1, 0.15) is 25.3 Å². The molecule has 0 aromatic heterocycles. The fraction of sp³-hybridized carbons (Fsp3) is 0.438. The molecule has 0 aliphatic carbocycles. The highest BCUT2D eigenvalue weighted by Gasteiger charge is 2.10. The van der Waals surface area contributed by atoms with E-state index in [1.165, 1.54) is 0 Å². The van der Waals surface area contributed by atoms with Gasteiger partial charge in [-0.25, -0.2) is 0 Å². The Bertz CT molecular complexity index is 454. The number of rotatable bonds is 6. The van der Waals surface area contributed by atoms with Gasteiger partial charge >= 0.3 is 0 Å². The summed E-state index contributed by atoms with van der Waals surface area (Å²) < 4.78 is 5.51. The minimum Gasteiger partial charge on any atom is -0.497 e. The van der Waals surface area contributed by atoms with E-state index in [4.69, 9.17) is 4.74 Å². The maximum Gasteiger partial charge on any atom is 0.224 e. The summed E-state index contributed by atoms with van der Waals surface area (Å²) in [6, 6.07) is 7.98. The zero-order valence-electron chi connectivity index (χ0n) is 11.9. The van der Waals surface area contributed by atoms with Crippen molar-refractivity contribution < 1.29 is 9.53 Å². The van der Waals surface area contributed by atoms with Gasteiger partial charge < -0.3 is 15.4 Å². The molecule has 0 radical (unpaired) electrons. The molecule has 1 aromatic rings. The number of anilines is 1. The number of allylic oxidation sites excluding steroid dienone is 1. The molecule has 20 heavy (non-hydrogen) atoms. The Morgan fingerprint density at radius 2 is 2.15 bits per heavy atom. The highest BCUT2D eigenvalue weighted by Crippen LogP contribution is 2.14. The van der Waals surface area contributed by atoms with Crippen LogP contribution in [0.3, 0.4) is 0 Å². The van der Waals surface area contributed by atoms with Crippen molar-refractivity contribution in [3.8, 4) is 0 Å². The third-order valence-electron chi connectivity index (χ3n) is 3.25. The summed E-state index contributed by atoms with van der Waals surface area (Å²) in [6.45, 7) is 3.40. The molecule has 0 fully saturated rings. The molecule has 1 aromatic carbocycles. The Kier molecular flexibility index (Phi) is 5.47. The molecule has 0 saturated carbocycles. The van der Waals surface area contributed by atoms with E-state index in [0.29, 0.717) is 13.0 Å². The summed E-state index contributed by atoms with van der Waals surface area (Å²) in [5, 5.41) is 6.16. The van der Waals surface area contributed by atoms with Crippen LogP contribution < -0.4 is 10.6 Å². The van der Waals surface area contributed by atoms with Gasteiger partial charge in [0.1, 0.15) is 6.10 Å². The first kappa shape index (κ1) is 14.4. The molecule has 1 unspecified atom stereocenters. The first-order chi connectivity index (χ1) is 9.78. The Hall–Kier alpha value is -1.97. The van der Waals surface area contributed by atoms with Crippen LogP contribution in [0, 0.1) is 0 Å². The molecule has 1 heterocycles. The van der Waals surface area contributed by atoms with E-state index >= 15 is 0 Å². The fourth-order valence-electron chi connectivity index (χ4n) is 2.15. The van der Waals surface area contributed by atoms with Gasteiger partial charge in [-0.3, -0.25) is 4.79 Å². The van der Waals surface area contributed by atoms with Crippen molar-refractivity contribution in [2.24, 2.45) is 0 Å². The van der Waals surface area contributed by atoms with E-state index in [1.807, 2.05) is 37.3 Å². The van der Waals surface area contributed by atoms with Gasteiger partial charge in [0.15, 0.2) is 0 Å². The lowest BCUT2D eigenvalue weighted by atomic mass is 10.1. The molecule has 4 nitrogen and oxygen atoms in total. The van der Waals surface area contributed by atoms with Crippen LogP contribution in [0.4, 0.5) is 5.69 Å². The maximum absolute atomic E-state index is 11.5. The number of ether oxygens (including phenoxy) is 1. The molecule has 2 N–H and O–H groups in total. The van der Waals surface area contributed by atoms with Gasteiger partial charge in [0, 0.05) is 12.2 Å². The van der Waals surface area contributed by atoms with Crippen molar-refractivity contribution >= 4 is 11.6 Å². The molecule has 2 rings (SSSR count). The molecule has 4 heteroatoms. The van der Waals surface area contributed by atoms with E-state index in [9.17, 15) is 4.79 Å². The zero-order chi connectivity index (χ0) is 14.2. The highest BCUT2D eigenvalue weighted by molar-refractivity contribution is 5.78. The standard InChI is InChI=1S/C16H22N2O2/c1-2-17-16(19)11-13-6-8-14(9-7-13)18-12-15-5-3-4-10-20-15/h4,6-10,15,18H,2-3,5,11-12H2,1H3,(H,17,19). The van der Waals surface area contributed by atoms with E-state index in [0.717, 1.165) is 30.6 Å². The van der Waals surface area contributed by atoms with Gasteiger partial charge in [-0.2, -0.15) is 0 Å². The monoisotopic (exact) mass is 274 g/mol. The number of carbonyl (C=O) groups excluding carboxylic acids is 1. The number of hydrogen-bond donors (Lipinski definition) is 2. The minimum atomic E-state index is 0.0654. The zero-order valence-corrected chi connectivity index (χ0v) is 11.9. The third-order valence-corrected chi connectivity index (χ3v) is 3.25. The number of nitrogens with one attached hydrogen (secondary N) is 2. The first-order valence-electron chi connectivity index (χ1n) is 7.18. The van der Waals surface area contributed by atoms with Crippen LogP contribution in [-0.2, 0) is 16.0 Å². The Labute approximate surface area is 120 Å². The van der Waals surface area contributed by atoms with Crippen LogP contribution in [-0.4, -0.2) is 25.1 Å². The topological polar surface area (TPSA) is 50.4 Å². The smallest absolute Gasteiger partial charge is 0.224 e. The number of benzene rings is 1. The second kappa shape index (κ2) is 7.58. The molecule has 108 valence electrons. The SMILES string of the molecule is CCNC(=O)Cc1ccc(NCC2CCC=CO2)cc1. The molecular weight excluding hydrogens is 252 g/mol. The average Bonchev–Trinajstić information content (AvgIpc) is 2.48. The van der Waals surface area contributed by atoms with Crippen LogP contribution in [0.15, 0.2) is 36.6 Å². The van der Waals surface area contributed by atoms with Gasteiger partial charge in [0.05, 0.1) is 19.2 Å². The van der Waals surface area contributed by atoms with Crippen molar-refractivity contribution in [3.63, 3.8) is 0 Å². The molecule has 0 bridgehead atoms.